The van der Waals surface area contributed by atoms with Crippen LogP contribution in [-0.2, 0) is 16.4 Å². The molecule has 1 fully saturated rings. The SMILES string of the molecule is Cc1nc2[nH]ccc2nc1C1CCN(S(=O)(=O)c2ccc3c(c2)CCO3)CC1. The van der Waals surface area contributed by atoms with Gasteiger partial charge in [0.15, 0.2) is 5.65 Å². The molecule has 8 heteroatoms. The van der Waals surface area contributed by atoms with Gasteiger partial charge in [-0.05, 0) is 49.6 Å². The average molecular weight is 398 g/mol. The minimum absolute atomic E-state index is 0.228. The van der Waals surface area contributed by atoms with Crippen LogP contribution < -0.4 is 4.74 Å². The number of aromatic amines is 1. The lowest BCUT2D eigenvalue weighted by Gasteiger charge is -2.31. The highest BCUT2D eigenvalue weighted by Gasteiger charge is 2.32. The summed E-state index contributed by atoms with van der Waals surface area (Å²) in [6.07, 6.45) is 4.10. The molecule has 4 heterocycles. The van der Waals surface area contributed by atoms with Gasteiger partial charge in [-0.15, -0.1) is 0 Å². The second-order valence-electron chi connectivity index (χ2n) is 7.45. The number of hydrogen-bond acceptors (Lipinski definition) is 5. The molecule has 0 saturated carbocycles. The van der Waals surface area contributed by atoms with Gasteiger partial charge in [0.25, 0.3) is 0 Å². The van der Waals surface area contributed by atoms with Crippen LogP contribution in [0.15, 0.2) is 35.4 Å². The van der Waals surface area contributed by atoms with Crippen molar-refractivity contribution in [3.05, 3.63) is 47.4 Å². The molecule has 2 aliphatic heterocycles. The number of nitrogens with zero attached hydrogens (tertiary/aromatic N) is 3. The number of piperidine rings is 1. The van der Waals surface area contributed by atoms with Crippen molar-refractivity contribution in [1.82, 2.24) is 19.3 Å². The molecule has 0 unspecified atom stereocenters. The molecule has 146 valence electrons. The first-order valence-corrected chi connectivity index (χ1v) is 11.0. The maximum Gasteiger partial charge on any atom is 0.243 e. The highest BCUT2D eigenvalue weighted by Crippen LogP contribution is 2.33. The number of fused-ring (bicyclic) bond motifs is 2. The summed E-state index contributed by atoms with van der Waals surface area (Å²) in [5.74, 6) is 1.03. The van der Waals surface area contributed by atoms with Gasteiger partial charge in [-0.1, -0.05) is 0 Å². The maximum absolute atomic E-state index is 13.1. The third-order valence-electron chi connectivity index (χ3n) is 5.73. The molecule has 0 radical (unpaired) electrons. The maximum atomic E-state index is 13.1. The van der Waals surface area contributed by atoms with Gasteiger partial charge >= 0.3 is 0 Å². The van der Waals surface area contributed by atoms with Crippen LogP contribution in [0.1, 0.15) is 35.7 Å². The van der Waals surface area contributed by atoms with Crippen molar-refractivity contribution in [3.63, 3.8) is 0 Å². The molecule has 1 N–H and O–H groups in total. The Morgan fingerprint density at radius 3 is 2.82 bits per heavy atom. The monoisotopic (exact) mass is 398 g/mol. The summed E-state index contributed by atoms with van der Waals surface area (Å²) < 4.78 is 33.3. The van der Waals surface area contributed by atoms with Crippen molar-refractivity contribution in [2.75, 3.05) is 19.7 Å². The minimum atomic E-state index is -3.49. The molecular formula is C20H22N4O3S. The first-order chi connectivity index (χ1) is 13.5. The minimum Gasteiger partial charge on any atom is -0.493 e. The van der Waals surface area contributed by atoms with Crippen LogP contribution in [0.3, 0.4) is 0 Å². The van der Waals surface area contributed by atoms with Crippen molar-refractivity contribution in [3.8, 4) is 5.75 Å². The molecule has 7 nitrogen and oxygen atoms in total. The van der Waals surface area contributed by atoms with Crippen LogP contribution in [0.4, 0.5) is 0 Å². The van der Waals surface area contributed by atoms with Crippen molar-refractivity contribution >= 4 is 21.2 Å². The Hall–Kier alpha value is -2.45. The molecule has 28 heavy (non-hydrogen) atoms. The molecule has 0 bridgehead atoms. The summed E-state index contributed by atoms with van der Waals surface area (Å²) in [6.45, 7) is 3.58. The van der Waals surface area contributed by atoms with Gasteiger partial charge in [-0.3, -0.25) is 0 Å². The van der Waals surface area contributed by atoms with E-state index in [4.69, 9.17) is 9.72 Å². The van der Waals surface area contributed by atoms with Gasteiger partial charge in [0.2, 0.25) is 10.0 Å². The molecule has 2 aromatic heterocycles. The second-order valence-corrected chi connectivity index (χ2v) is 9.39. The Morgan fingerprint density at radius 2 is 2.00 bits per heavy atom. The Morgan fingerprint density at radius 1 is 1.18 bits per heavy atom. The van der Waals surface area contributed by atoms with Crippen LogP contribution >= 0.6 is 0 Å². The summed E-state index contributed by atoms with van der Waals surface area (Å²) >= 11 is 0. The van der Waals surface area contributed by atoms with Gasteiger partial charge in [0.05, 0.1) is 22.9 Å². The number of ether oxygens (including phenoxy) is 1. The lowest BCUT2D eigenvalue weighted by atomic mass is 9.93. The summed E-state index contributed by atoms with van der Waals surface area (Å²) in [5.41, 5.74) is 4.52. The standard InChI is InChI=1S/C20H22N4O3S/c1-13-19(23-17-4-8-21-20(17)22-13)14-5-9-24(10-6-14)28(25,26)16-2-3-18-15(12-16)7-11-27-18/h2-4,8,12,14H,5-7,9-11H2,1H3,(H,21,22). The number of aromatic nitrogens is 3. The molecule has 5 rings (SSSR count). The van der Waals surface area contributed by atoms with E-state index in [9.17, 15) is 8.42 Å². The molecular weight excluding hydrogens is 376 g/mol. The third-order valence-corrected chi connectivity index (χ3v) is 7.63. The smallest absolute Gasteiger partial charge is 0.243 e. The van der Waals surface area contributed by atoms with Crippen LogP contribution in [0, 0.1) is 6.92 Å². The number of rotatable bonds is 3. The van der Waals surface area contributed by atoms with Gasteiger partial charge < -0.3 is 9.72 Å². The van der Waals surface area contributed by atoms with Crippen LogP contribution in [0.2, 0.25) is 0 Å². The first kappa shape index (κ1) is 17.6. The molecule has 2 aliphatic rings. The summed E-state index contributed by atoms with van der Waals surface area (Å²) in [5, 5.41) is 0. The fourth-order valence-corrected chi connectivity index (χ4v) is 5.72. The molecule has 0 spiro atoms. The number of sulfonamides is 1. The number of benzene rings is 1. The van der Waals surface area contributed by atoms with E-state index in [1.807, 2.05) is 19.2 Å². The second kappa shape index (κ2) is 6.56. The largest absolute Gasteiger partial charge is 0.493 e. The molecule has 1 aromatic carbocycles. The zero-order valence-corrected chi connectivity index (χ0v) is 16.5. The highest BCUT2D eigenvalue weighted by atomic mass is 32.2. The summed E-state index contributed by atoms with van der Waals surface area (Å²) in [4.78, 5) is 12.8. The fourth-order valence-electron chi connectivity index (χ4n) is 4.20. The zero-order valence-electron chi connectivity index (χ0n) is 15.7. The van der Waals surface area contributed by atoms with E-state index in [1.165, 1.54) is 0 Å². The van der Waals surface area contributed by atoms with Crippen molar-refractivity contribution in [2.45, 2.75) is 37.0 Å². The highest BCUT2D eigenvalue weighted by molar-refractivity contribution is 7.89. The lowest BCUT2D eigenvalue weighted by molar-refractivity contribution is 0.316. The number of H-pyrrole nitrogens is 1. The quantitative estimate of drug-likeness (QED) is 0.733. The molecule has 0 amide bonds. The van der Waals surface area contributed by atoms with Crippen molar-refractivity contribution < 1.29 is 13.2 Å². The van der Waals surface area contributed by atoms with Gasteiger partial charge in [-0.25, -0.2) is 18.4 Å². The molecule has 1 saturated heterocycles. The lowest BCUT2D eigenvalue weighted by Crippen LogP contribution is -2.38. The van der Waals surface area contributed by atoms with Gasteiger partial charge in [0, 0.05) is 31.6 Å². The summed E-state index contributed by atoms with van der Waals surface area (Å²) in [7, 11) is -3.49. The number of hydrogen-bond donors (Lipinski definition) is 1. The van der Waals surface area contributed by atoms with E-state index >= 15 is 0 Å². The fraction of sp³-hybridized carbons (Fsp3) is 0.400. The average Bonchev–Trinajstić information content (AvgIpc) is 3.35. The van der Waals surface area contributed by atoms with Crippen molar-refractivity contribution in [1.29, 1.82) is 0 Å². The Kier molecular flexibility index (Phi) is 4.13. The van der Waals surface area contributed by atoms with Crippen LogP contribution in [0.5, 0.6) is 5.75 Å². The first-order valence-electron chi connectivity index (χ1n) is 9.60. The van der Waals surface area contributed by atoms with E-state index in [-0.39, 0.29) is 5.92 Å². The topological polar surface area (TPSA) is 88.2 Å². The van der Waals surface area contributed by atoms with E-state index in [0.717, 1.165) is 53.1 Å². The van der Waals surface area contributed by atoms with Gasteiger partial charge in [-0.2, -0.15) is 4.31 Å². The Bertz CT molecular complexity index is 1150. The Labute approximate surface area is 163 Å². The predicted molar refractivity (Wildman–Crippen MR) is 105 cm³/mol. The normalized spacial score (nSPS) is 18.3. The predicted octanol–water partition coefficient (Wildman–Crippen LogP) is 2.77. The molecule has 0 aliphatic carbocycles. The number of aryl methyl sites for hydroxylation is 1. The zero-order chi connectivity index (χ0) is 19.3. The van der Waals surface area contributed by atoms with E-state index in [2.05, 4.69) is 9.97 Å². The van der Waals surface area contributed by atoms with Crippen molar-refractivity contribution in [2.24, 2.45) is 0 Å². The van der Waals surface area contributed by atoms with E-state index in [0.29, 0.717) is 24.6 Å². The van der Waals surface area contributed by atoms with Crippen LogP contribution in [0.25, 0.3) is 11.2 Å². The number of nitrogens with one attached hydrogen (secondary N) is 1. The molecule has 3 aromatic rings. The third kappa shape index (κ3) is 2.87. The van der Waals surface area contributed by atoms with E-state index in [1.54, 1.807) is 22.5 Å². The summed E-state index contributed by atoms with van der Waals surface area (Å²) in [6, 6.07) is 7.11. The Balaban J connectivity index is 1.35. The van der Waals surface area contributed by atoms with Gasteiger partial charge in [0.1, 0.15) is 11.3 Å². The van der Waals surface area contributed by atoms with E-state index < -0.39 is 10.0 Å². The molecule has 0 atom stereocenters. The van der Waals surface area contributed by atoms with Crippen LogP contribution in [-0.4, -0.2) is 47.4 Å².